The van der Waals surface area contributed by atoms with Gasteiger partial charge in [-0.1, -0.05) is 25.1 Å². The van der Waals surface area contributed by atoms with Crippen molar-refractivity contribution in [3.8, 4) is 0 Å². The van der Waals surface area contributed by atoms with E-state index in [9.17, 15) is 0 Å². The molecule has 0 atom stereocenters. The largest absolute Gasteiger partial charge is 0.317 e. The van der Waals surface area contributed by atoms with Crippen molar-refractivity contribution in [2.75, 3.05) is 19.6 Å². The van der Waals surface area contributed by atoms with Gasteiger partial charge in [0.25, 0.3) is 0 Å². The van der Waals surface area contributed by atoms with Crippen LogP contribution in [0.4, 0.5) is 0 Å². The molecule has 3 nitrogen and oxygen atoms in total. The smallest absolute Gasteiger partial charge is 0.0708 e. The van der Waals surface area contributed by atoms with Crippen LogP contribution in [0.1, 0.15) is 30.2 Å². The highest BCUT2D eigenvalue weighted by atomic mass is 14.9. The fraction of sp³-hybridized carbons (Fsp3) is 0.471. The zero-order valence-corrected chi connectivity index (χ0v) is 12.8. The van der Waals surface area contributed by atoms with E-state index in [2.05, 4.69) is 60.7 Å². The van der Waals surface area contributed by atoms with E-state index in [0.717, 1.165) is 43.8 Å². The van der Waals surface area contributed by atoms with E-state index >= 15 is 0 Å². The van der Waals surface area contributed by atoms with Crippen LogP contribution in [0.15, 0.2) is 24.3 Å². The minimum Gasteiger partial charge on any atom is -0.317 e. The van der Waals surface area contributed by atoms with Crippen LogP contribution in [0.5, 0.6) is 0 Å². The summed E-state index contributed by atoms with van der Waals surface area (Å²) in [5.41, 5.74) is 4.92. The van der Waals surface area contributed by atoms with Crippen molar-refractivity contribution in [3.63, 3.8) is 0 Å². The summed E-state index contributed by atoms with van der Waals surface area (Å²) in [4.78, 5) is 4.67. The monoisotopic (exact) mass is 271 g/mol. The summed E-state index contributed by atoms with van der Waals surface area (Å²) in [6, 6.07) is 8.41. The van der Waals surface area contributed by atoms with E-state index in [0.29, 0.717) is 0 Å². The molecule has 2 aromatic rings. The summed E-state index contributed by atoms with van der Waals surface area (Å²) in [6.45, 7) is 10.5. The van der Waals surface area contributed by atoms with Gasteiger partial charge in [-0.2, -0.15) is 0 Å². The molecule has 2 N–H and O–H groups in total. The first-order valence-corrected chi connectivity index (χ1v) is 7.50. The summed E-state index contributed by atoms with van der Waals surface area (Å²) in [7, 11) is 0. The van der Waals surface area contributed by atoms with Crippen molar-refractivity contribution in [2.24, 2.45) is 0 Å². The van der Waals surface area contributed by atoms with Gasteiger partial charge < -0.3 is 10.6 Å². The van der Waals surface area contributed by atoms with Crippen LogP contribution in [0.3, 0.4) is 0 Å². The Morgan fingerprint density at radius 1 is 1.05 bits per heavy atom. The molecular formula is C17H25N3. The first-order valence-electron chi connectivity index (χ1n) is 7.50. The lowest BCUT2D eigenvalue weighted by atomic mass is 10.0. The predicted molar refractivity (Wildman–Crippen MR) is 86.1 cm³/mol. The molecule has 1 aromatic heterocycles. The lowest BCUT2D eigenvalue weighted by molar-refractivity contribution is 0.606. The number of nitrogens with zero attached hydrogens (tertiary/aromatic N) is 1. The van der Waals surface area contributed by atoms with Crippen molar-refractivity contribution in [1.29, 1.82) is 0 Å². The van der Waals surface area contributed by atoms with Crippen LogP contribution in [0, 0.1) is 13.8 Å². The molecule has 0 aliphatic rings. The average Bonchev–Trinajstić information content (AvgIpc) is 2.46. The van der Waals surface area contributed by atoms with E-state index in [4.69, 9.17) is 0 Å². The molecule has 0 spiro atoms. The van der Waals surface area contributed by atoms with Gasteiger partial charge in [0.15, 0.2) is 0 Å². The minimum absolute atomic E-state index is 0.918. The van der Waals surface area contributed by atoms with Gasteiger partial charge in [-0.15, -0.1) is 0 Å². The number of nitrogens with one attached hydrogen (secondary N) is 2. The number of hydrogen-bond donors (Lipinski definition) is 2. The SMILES string of the molecule is CCNCCCNCc1c(C)c(C)nc2ccccc12. The number of aromatic nitrogens is 1. The van der Waals surface area contributed by atoms with E-state index in [1.165, 1.54) is 16.5 Å². The third-order valence-corrected chi connectivity index (χ3v) is 3.77. The topological polar surface area (TPSA) is 37.0 Å². The highest BCUT2D eigenvalue weighted by Gasteiger charge is 2.08. The van der Waals surface area contributed by atoms with Gasteiger partial charge in [0.2, 0.25) is 0 Å². The second-order valence-corrected chi connectivity index (χ2v) is 5.20. The maximum Gasteiger partial charge on any atom is 0.0708 e. The molecule has 3 heteroatoms. The molecule has 20 heavy (non-hydrogen) atoms. The molecule has 1 aromatic carbocycles. The number of para-hydroxylation sites is 1. The molecule has 0 saturated heterocycles. The second-order valence-electron chi connectivity index (χ2n) is 5.20. The third-order valence-electron chi connectivity index (χ3n) is 3.77. The second kappa shape index (κ2) is 7.36. The Bertz CT molecular complexity index is 563. The molecule has 2 rings (SSSR count). The van der Waals surface area contributed by atoms with Gasteiger partial charge in [-0.25, -0.2) is 0 Å². The minimum atomic E-state index is 0.918. The fourth-order valence-electron chi connectivity index (χ4n) is 2.47. The van der Waals surface area contributed by atoms with E-state index in [1.807, 2.05) is 0 Å². The predicted octanol–water partition coefficient (Wildman–Crippen LogP) is 2.94. The summed E-state index contributed by atoms with van der Waals surface area (Å²) >= 11 is 0. The van der Waals surface area contributed by atoms with Crippen molar-refractivity contribution in [2.45, 2.75) is 33.7 Å². The molecule has 0 saturated carbocycles. The summed E-state index contributed by atoms with van der Waals surface area (Å²) in [6.07, 6.45) is 1.16. The average molecular weight is 271 g/mol. The van der Waals surface area contributed by atoms with Crippen molar-refractivity contribution < 1.29 is 0 Å². The lowest BCUT2D eigenvalue weighted by Crippen LogP contribution is -2.22. The summed E-state index contributed by atoms with van der Waals surface area (Å²) in [5, 5.41) is 8.17. The fourth-order valence-corrected chi connectivity index (χ4v) is 2.47. The van der Waals surface area contributed by atoms with Crippen LogP contribution in [0.25, 0.3) is 10.9 Å². The van der Waals surface area contributed by atoms with Gasteiger partial charge in [0.1, 0.15) is 0 Å². The van der Waals surface area contributed by atoms with E-state index in [-0.39, 0.29) is 0 Å². The highest BCUT2D eigenvalue weighted by molar-refractivity contribution is 5.83. The lowest BCUT2D eigenvalue weighted by Gasteiger charge is -2.13. The van der Waals surface area contributed by atoms with E-state index in [1.54, 1.807) is 0 Å². The molecular weight excluding hydrogens is 246 g/mol. The maximum atomic E-state index is 4.67. The number of fused-ring (bicyclic) bond motifs is 1. The summed E-state index contributed by atoms with van der Waals surface area (Å²) < 4.78 is 0. The number of hydrogen-bond acceptors (Lipinski definition) is 3. The quantitative estimate of drug-likeness (QED) is 0.760. The van der Waals surface area contributed by atoms with Crippen LogP contribution < -0.4 is 10.6 Å². The molecule has 108 valence electrons. The standard InChI is InChI=1S/C17H25N3/c1-4-18-10-7-11-19-12-16-13(2)14(3)20-17-9-6-5-8-15(16)17/h5-6,8-9,18-19H,4,7,10-12H2,1-3H3. The number of benzene rings is 1. The Morgan fingerprint density at radius 2 is 1.80 bits per heavy atom. The molecule has 0 radical (unpaired) electrons. The molecule has 0 aliphatic carbocycles. The summed E-state index contributed by atoms with van der Waals surface area (Å²) in [5.74, 6) is 0. The number of rotatable bonds is 7. The molecule has 0 amide bonds. The molecule has 0 bridgehead atoms. The van der Waals surface area contributed by atoms with Crippen molar-refractivity contribution in [3.05, 3.63) is 41.1 Å². The third kappa shape index (κ3) is 3.56. The normalized spacial score (nSPS) is 11.2. The Hall–Kier alpha value is -1.45. The van der Waals surface area contributed by atoms with Crippen LogP contribution >= 0.6 is 0 Å². The van der Waals surface area contributed by atoms with Gasteiger partial charge in [-0.3, -0.25) is 4.98 Å². The highest BCUT2D eigenvalue weighted by Crippen LogP contribution is 2.22. The molecule has 0 fully saturated rings. The molecule has 0 aliphatic heterocycles. The van der Waals surface area contributed by atoms with Crippen LogP contribution in [0.2, 0.25) is 0 Å². The van der Waals surface area contributed by atoms with Gasteiger partial charge in [0.05, 0.1) is 5.52 Å². The molecule has 1 heterocycles. The Labute approximate surface area is 121 Å². The van der Waals surface area contributed by atoms with Crippen LogP contribution in [-0.4, -0.2) is 24.6 Å². The van der Waals surface area contributed by atoms with Gasteiger partial charge in [-0.05, 0) is 57.1 Å². The number of aryl methyl sites for hydroxylation is 1. The van der Waals surface area contributed by atoms with Crippen LogP contribution in [-0.2, 0) is 6.54 Å². The first-order chi connectivity index (χ1) is 9.74. The molecule has 0 unspecified atom stereocenters. The first kappa shape index (κ1) is 14.9. The maximum absolute atomic E-state index is 4.67. The Kier molecular flexibility index (Phi) is 5.50. The van der Waals surface area contributed by atoms with E-state index < -0.39 is 0 Å². The Balaban J connectivity index is 2.07. The Morgan fingerprint density at radius 3 is 2.60 bits per heavy atom. The van der Waals surface area contributed by atoms with Crippen molar-refractivity contribution in [1.82, 2.24) is 15.6 Å². The van der Waals surface area contributed by atoms with Crippen molar-refractivity contribution >= 4 is 10.9 Å². The van der Waals surface area contributed by atoms with Gasteiger partial charge in [0, 0.05) is 17.6 Å². The zero-order valence-electron chi connectivity index (χ0n) is 12.8. The number of pyridine rings is 1. The zero-order chi connectivity index (χ0) is 14.4. The van der Waals surface area contributed by atoms with Gasteiger partial charge >= 0.3 is 0 Å².